The number of H-pyrrole nitrogens is 1. The largest absolute Gasteiger partial charge is 0.456 e. The van der Waals surface area contributed by atoms with Gasteiger partial charge in [0.15, 0.2) is 0 Å². The highest BCUT2D eigenvalue weighted by Crippen LogP contribution is 2.37. The van der Waals surface area contributed by atoms with Crippen LogP contribution in [0.25, 0.3) is 10.9 Å². The Bertz CT molecular complexity index is 1300. The number of carbonyl (C=O) groups excluding carboxylic acids is 1. The van der Waals surface area contributed by atoms with Crippen LogP contribution in [0.2, 0.25) is 0 Å². The third-order valence-corrected chi connectivity index (χ3v) is 5.60. The van der Waals surface area contributed by atoms with Crippen LogP contribution in [0.3, 0.4) is 0 Å². The van der Waals surface area contributed by atoms with Crippen molar-refractivity contribution in [3.63, 3.8) is 0 Å². The molecule has 2 aromatic heterocycles. The number of hydrogen-bond acceptors (Lipinski definition) is 7. The van der Waals surface area contributed by atoms with Crippen LogP contribution >= 0.6 is 0 Å². The fraction of sp³-hybridized carbons (Fsp3) is 0.435. The number of alkyl halides is 3. The second-order valence-electron chi connectivity index (χ2n) is 8.59. The molecule has 1 aromatic carbocycles. The van der Waals surface area contributed by atoms with Crippen molar-refractivity contribution >= 4 is 16.8 Å². The molecule has 1 saturated heterocycles. The van der Waals surface area contributed by atoms with Gasteiger partial charge >= 0.3 is 12.2 Å². The zero-order chi connectivity index (χ0) is 25.5. The highest BCUT2D eigenvalue weighted by molar-refractivity contribution is 5.93. The van der Waals surface area contributed by atoms with Crippen LogP contribution in [0.1, 0.15) is 54.2 Å². The molecule has 0 radical (unpaired) electrons. The molecule has 9 nitrogen and oxygen atoms in total. The number of halogens is 3. The minimum absolute atomic E-state index is 0.00452. The molecule has 1 amide bonds. The molecule has 186 valence electrons. The first-order chi connectivity index (χ1) is 16.4. The van der Waals surface area contributed by atoms with Gasteiger partial charge in [0.25, 0.3) is 11.5 Å². The lowest BCUT2D eigenvalue weighted by Crippen LogP contribution is -2.48. The fourth-order valence-electron chi connectivity index (χ4n) is 4.14. The van der Waals surface area contributed by atoms with Gasteiger partial charge in [-0.1, -0.05) is 0 Å². The van der Waals surface area contributed by atoms with E-state index >= 15 is 0 Å². The molecule has 3 heterocycles. The smallest absolute Gasteiger partial charge is 0.416 e. The van der Waals surface area contributed by atoms with Crippen LogP contribution in [0.4, 0.5) is 13.2 Å². The van der Waals surface area contributed by atoms with Crippen molar-refractivity contribution in [3.8, 4) is 6.01 Å². The van der Waals surface area contributed by atoms with Crippen LogP contribution in [-0.2, 0) is 10.9 Å². The maximum absolute atomic E-state index is 13.8. The molecule has 0 spiro atoms. The van der Waals surface area contributed by atoms with E-state index in [2.05, 4.69) is 19.9 Å². The molecule has 3 atom stereocenters. The minimum Gasteiger partial charge on any atom is -0.456 e. The number of carbonyl (C=O) groups is 1. The molecule has 0 unspecified atom stereocenters. The highest BCUT2D eigenvalue weighted by atomic mass is 19.4. The van der Waals surface area contributed by atoms with Gasteiger partial charge in [-0.3, -0.25) is 9.59 Å². The predicted octanol–water partition coefficient (Wildman–Crippen LogP) is 3.43. The van der Waals surface area contributed by atoms with E-state index in [0.717, 1.165) is 12.1 Å². The van der Waals surface area contributed by atoms with Gasteiger partial charge in [0.2, 0.25) is 0 Å². The Morgan fingerprint density at radius 3 is 2.43 bits per heavy atom. The summed E-state index contributed by atoms with van der Waals surface area (Å²) in [5.74, 6) is -0.0702. The molecule has 35 heavy (non-hydrogen) atoms. The number of rotatable bonds is 4. The van der Waals surface area contributed by atoms with Crippen molar-refractivity contribution in [2.24, 2.45) is 0 Å². The van der Waals surface area contributed by atoms with E-state index in [9.17, 15) is 22.8 Å². The number of nitrogens with one attached hydrogen (secondary N) is 1. The summed E-state index contributed by atoms with van der Waals surface area (Å²) in [5.41, 5.74) is -1.64. The summed E-state index contributed by atoms with van der Waals surface area (Å²) in [7, 11) is 0. The van der Waals surface area contributed by atoms with E-state index < -0.39 is 23.4 Å². The van der Waals surface area contributed by atoms with Gasteiger partial charge in [0, 0.05) is 31.0 Å². The SMILES string of the molecule is Cc1nc2cc(C(F)(F)F)c([C@@H](C)Oc3ncc(C(=O)N4C[C@@H](C)O[C@@H](C)C4)cn3)cc2c(=O)[nH]1. The second kappa shape index (κ2) is 9.25. The van der Waals surface area contributed by atoms with Crippen molar-refractivity contribution in [2.75, 3.05) is 13.1 Å². The molecule has 1 fully saturated rings. The molecule has 0 saturated carbocycles. The van der Waals surface area contributed by atoms with Crippen LogP contribution < -0.4 is 10.3 Å². The summed E-state index contributed by atoms with van der Waals surface area (Å²) < 4.78 is 52.6. The second-order valence-corrected chi connectivity index (χ2v) is 8.59. The predicted molar refractivity (Wildman–Crippen MR) is 119 cm³/mol. The molecule has 0 bridgehead atoms. The molecule has 12 heteroatoms. The van der Waals surface area contributed by atoms with Gasteiger partial charge in [0.05, 0.1) is 34.2 Å². The fourth-order valence-corrected chi connectivity index (χ4v) is 4.14. The first-order valence-corrected chi connectivity index (χ1v) is 11.0. The lowest BCUT2D eigenvalue weighted by molar-refractivity contribution is -0.138. The molecule has 3 aromatic rings. The number of nitrogens with zero attached hydrogens (tertiary/aromatic N) is 4. The number of morpholine rings is 1. The summed E-state index contributed by atoms with van der Waals surface area (Å²) in [6, 6.07) is 1.74. The van der Waals surface area contributed by atoms with E-state index in [4.69, 9.17) is 9.47 Å². The lowest BCUT2D eigenvalue weighted by Gasteiger charge is -2.35. The maximum Gasteiger partial charge on any atom is 0.416 e. The van der Waals surface area contributed by atoms with Crippen molar-refractivity contribution in [2.45, 2.75) is 52.2 Å². The van der Waals surface area contributed by atoms with Gasteiger partial charge in [-0.2, -0.15) is 13.2 Å². The highest BCUT2D eigenvalue weighted by Gasteiger charge is 2.36. The van der Waals surface area contributed by atoms with Gasteiger partial charge in [-0.25, -0.2) is 15.0 Å². The standard InChI is InChI=1S/C23H24F3N5O4/c1-11-9-31(10-12(2)34-11)21(33)15-7-27-22(28-8-15)35-13(3)16-5-17-19(6-18(16)23(24,25)26)29-14(4)30-20(17)32/h5-8,11-13H,9-10H2,1-4H3,(H,29,30,32)/t11-,12+,13-/m1/s1. The normalized spacial score (nSPS) is 19.6. The number of aryl methyl sites for hydroxylation is 1. The number of aromatic amines is 1. The Hall–Kier alpha value is -3.54. The topological polar surface area (TPSA) is 110 Å². The summed E-state index contributed by atoms with van der Waals surface area (Å²) in [4.78, 5) is 41.2. The van der Waals surface area contributed by atoms with Gasteiger partial charge in [-0.05, 0) is 39.8 Å². The van der Waals surface area contributed by atoms with Crippen LogP contribution in [0, 0.1) is 6.92 Å². The Labute approximate surface area is 198 Å². The van der Waals surface area contributed by atoms with Crippen molar-refractivity contribution < 1.29 is 27.4 Å². The van der Waals surface area contributed by atoms with E-state index in [1.807, 2.05) is 13.8 Å². The van der Waals surface area contributed by atoms with Crippen molar-refractivity contribution in [1.29, 1.82) is 0 Å². The summed E-state index contributed by atoms with van der Waals surface area (Å²) >= 11 is 0. The molecular formula is C23H24F3N5O4. The van der Waals surface area contributed by atoms with E-state index in [1.54, 1.807) is 4.90 Å². The first kappa shape index (κ1) is 24.6. The number of ether oxygens (including phenoxy) is 2. The zero-order valence-corrected chi connectivity index (χ0v) is 19.5. The quantitative estimate of drug-likeness (QED) is 0.595. The van der Waals surface area contributed by atoms with Crippen LogP contribution in [-0.4, -0.2) is 56.0 Å². The van der Waals surface area contributed by atoms with Crippen molar-refractivity contribution in [1.82, 2.24) is 24.8 Å². The number of aromatic nitrogens is 4. The van der Waals surface area contributed by atoms with Crippen molar-refractivity contribution in [3.05, 3.63) is 57.4 Å². The monoisotopic (exact) mass is 491 g/mol. The van der Waals surface area contributed by atoms with E-state index in [-0.39, 0.29) is 52.0 Å². The number of amides is 1. The maximum atomic E-state index is 13.8. The first-order valence-electron chi connectivity index (χ1n) is 11.0. The van der Waals surface area contributed by atoms with Gasteiger partial charge < -0.3 is 19.4 Å². The third-order valence-electron chi connectivity index (χ3n) is 5.60. The Balaban J connectivity index is 1.59. The molecular weight excluding hydrogens is 467 g/mol. The van der Waals surface area contributed by atoms with Gasteiger partial charge in [0.1, 0.15) is 11.9 Å². The molecule has 0 aliphatic carbocycles. The third kappa shape index (κ3) is 5.26. The Morgan fingerprint density at radius 1 is 1.20 bits per heavy atom. The summed E-state index contributed by atoms with van der Waals surface area (Å²) in [5, 5.41) is 0.00452. The average molecular weight is 491 g/mol. The molecule has 1 aliphatic heterocycles. The van der Waals surface area contributed by atoms with E-state index in [1.165, 1.54) is 26.2 Å². The Kier molecular flexibility index (Phi) is 6.50. The van der Waals surface area contributed by atoms with Crippen LogP contribution in [0.15, 0.2) is 29.3 Å². The number of fused-ring (bicyclic) bond motifs is 1. The zero-order valence-electron chi connectivity index (χ0n) is 19.5. The lowest BCUT2D eigenvalue weighted by atomic mass is 10.00. The number of benzene rings is 1. The molecule has 1 N–H and O–H groups in total. The number of hydrogen-bond donors (Lipinski definition) is 1. The summed E-state index contributed by atoms with van der Waals surface area (Å²) in [6.07, 6.45) is -3.54. The van der Waals surface area contributed by atoms with Crippen LogP contribution in [0.5, 0.6) is 6.01 Å². The molecule has 1 aliphatic rings. The molecule has 4 rings (SSSR count). The summed E-state index contributed by atoms with van der Waals surface area (Å²) in [6.45, 7) is 7.48. The van der Waals surface area contributed by atoms with Gasteiger partial charge in [-0.15, -0.1) is 0 Å². The van der Waals surface area contributed by atoms with E-state index in [0.29, 0.717) is 13.1 Å². The Morgan fingerprint density at radius 2 is 1.83 bits per heavy atom. The minimum atomic E-state index is -4.71. The average Bonchev–Trinajstić information content (AvgIpc) is 2.77.